The van der Waals surface area contributed by atoms with Crippen LogP contribution in [0.4, 0.5) is 5.69 Å². The van der Waals surface area contributed by atoms with Crippen molar-refractivity contribution in [3.05, 3.63) is 84.4 Å². The van der Waals surface area contributed by atoms with E-state index >= 15 is 0 Å². The fourth-order valence-corrected chi connectivity index (χ4v) is 4.43. The number of benzene rings is 3. The molecule has 0 aliphatic rings. The Bertz CT molecular complexity index is 1380. The van der Waals surface area contributed by atoms with Crippen molar-refractivity contribution in [3.63, 3.8) is 0 Å². The van der Waals surface area contributed by atoms with Gasteiger partial charge in [0.15, 0.2) is 11.5 Å². The molecule has 0 spiro atoms. The maximum Gasteiger partial charge on any atom is 0.239 e. The smallest absolute Gasteiger partial charge is 0.239 e. The van der Waals surface area contributed by atoms with Gasteiger partial charge in [-0.1, -0.05) is 36.4 Å². The average Bonchev–Trinajstić information content (AvgIpc) is 2.79. The van der Waals surface area contributed by atoms with Crippen molar-refractivity contribution >= 4 is 26.5 Å². The van der Waals surface area contributed by atoms with Crippen molar-refractivity contribution < 1.29 is 22.3 Å². The van der Waals surface area contributed by atoms with Crippen LogP contribution in [-0.4, -0.2) is 22.6 Å². The van der Waals surface area contributed by atoms with Gasteiger partial charge in [-0.3, -0.25) is 0 Å². The number of sulfone groups is 1. The molecule has 0 unspecified atom stereocenters. The second-order valence-electron chi connectivity index (χ2n) is 6.42. The highest BCUT2D eigenvalue weighted by Gasteiger charge is 2.22. The van der Waals surface area contributed by atoms with Crippen molar-refractivity contribution in [2.24, 2.45) is 4.99 Å². The van der Waals surface area contributed by atoms with E-state index in [9.17, 15) is 8.42 Å². The van der Waals surface area contributed by atoms with Crippen molar-refractivity contribution in [1.82, 2.24) is 0 Å². The summed E-state index contributed by atoms with van der Waals surface area (Å²) < 4.78 is 43.2. The summed E-state index contributed by atoms with van der Waals surface area (Å²) in [6.45, 7) is 0. The van der Waals surface area contributed by atoms with Crippen molar-refractivity contribution in [1.29, 1.82) is 0 Å². The first-order valence-corrected chi connectivity index (χ1v) is 10.6. The third kappa shape index (κ3) is 3.67. The highest BCUT2D eigenvalue weighted by molar-refractivity contribution is 7.91. The second-order valence-corrected chi connectivity index (χ2v) is 8.34. The molecular formula is C23H19NO5S. The summed E-state index contributed by atoms with van der Waals surface area (Å²) in [6.07, 6.45) is 0. The van der Waals surface area contributed by atoms with E-state index in [0.29, 0.717) is 28.2 Å². The zero-order valence-corrected chi connectivity index (χ0v) is 17.2. The Kier molecular flexibility index (Phi) is 5.29. The van der Waals surface area contributed by atoms with Gasteiger partial charge in [-0.05, 0) is 36.4 Å². The molecule has 152 valence electrons. The van der Waals surface area contributed by atoms with Gasteiger partial charge in [0, 0.05) is 11.5 Å². The number of hydrogen-bond donors (Lipinski definition) is 0. The average molecular weight is 421 g/mol. The van der Waals surface area contributed by atoms with Crippen LogP contribution in [-0.2, 0) is 9.84 Å². The second kappa shape index (κ2) is 8.04. The van der Waals surface area contributed by atoms with Gasteiger partial charge in [-0.25, -0.2) is 13.4 Å². The number of nitrogens with zero attached hydrogens (tertiary/aromatic N) is 1. The fraction of sp³-hybridized carbons (Fsp3) is 0.0870. The standard InChI is InChI=1S/C23H19NO5S/c1-27-20-13-12-17(15-21(20)28-2)24-23-22(14-16-8-6-7-11-19(16)29-23)30(25,26)18-9-4-3-5-10-18/h3-15H,1-2H3. The van der Waals surface area contributed by atoms with Crippen LogP contribution in [0.25, 0.3) is 11.0 Å². The monoisotopic (exact) mass is 421 g/mol. The molecule has 7 heteroatoms. The Hall–Kier alpha value is -3.58. The Morgan fingerprint density at radius 2 is 1.50 bits per heavy atom. The van der Waals surface area contributed by atoms with Crippen LogP contribution >= 0.6 is 0 Å². The van der Waals surface area contributed by atoms with Crippen LogP contribution in [0.15, 0.2) is 98.1 Å². The van der Waals surface area contributed by atoms with E-state index in [1.165, 1.54) is 14.2 Å². The Balaban J connectivity index is 2.00. The third-order valence-corrected chi connectivity index (χ3v) is 6.33. The number of ether oxygens (including phenoxy) is 2. The summed E-state index contributed by atoms with van der Waals surface area (Å²) in [5.74, 6) is 1.02. The van der Waals surface area contributed by atoms with Crippen LogP contribution < -0.4 is 15.0 Å². The van der Waals surface area contributed by atoms with E-state index in [0.717, 1.165) is 0 Å². The number of methoxy groups -OCH3 is 2. The van der Waals surface area contributed by atoms with Crippen molar-refractivity contribution in [2.75, 3.05) is 14.2 Å². The normalized spacial score (nSPS) is 12.1. The zero-order valence-electron chi connectivity index (χ0n) is 16.4. The molecule has 0 radical (unpaired) electrons. The molecule has 0 saturated heterocycles. The van der Waals surface area contributed by atoms with E-state index in [-0.39, 0.29) is 15.3 Å². The molecule has 0 N–H and O–H groups in total. The van der Waals surface area contributed by atoms with Crippen molar-refractivity contribution in [3.8, 4) is 11.5 Å². The lowest BCUT2D eigenvalue weighted by atomic mass is 10.2. The highest BCUT2D eigenvalue weighted by Crippen LogP contribution is 2.31. The molecule has 0 bridgehead atoms. The highest BCUT2D eigenvalue weighted by atomic mass is 32.2. The zero-order chi connectivity index (χ0) is 21.1. The molecule has 0 aliphatic heterocycles. The molecule has 0 fully saturated rings. The minimum absolute atomic E-state index is 0.00947. The SMILES string of the molecule is COc1ccc(N=c2oc3ccccc3cc2S(=O)(=O)c2ccccc2)cc1OC. The molecule has 0 amide bonds. The van der Waals surface area contributed by atoms with E-state index < -0.39 is 9.84 Å². The predicted molar refractivity (Wildman–Crippen MR) is 113 cm³/mol. The minimum Gasteiger partial charge on any atom is -0.493 e. The molecule has 4 aromatic rings. The van der Waals surface area contributed by atoms with Gasteiger partial charge in [0.05, 0.1) is 24.8 Å². The van der Waals surface area contributed by atoms with Gasteiger partial charge in [0.1, 0.15) is 10.5 Å². The van der Waals surface area contributed by atoms with Crippen molar-refractivity contribution in [2.45, 2.75) is 9.79 Å². The Morgan fingerprint density at radius 1 is 0.800 bits per heavy atom. The molecule has 4 rings (SSSR count). The Labute approximate surface area is 174 Å². The lowest BCUT2D eigenvalue weighted by Crippen LogP contribution is -2.15. The van der Waals surface area contributed by atoms with Gasteiger partial charge >= 0.3 is 0 Å². The molecule has 6 nitrogen and oxygen atoms in total. The molecule has 0 aliphatic carbocycles. The van der Waals surface area contributed by atoms with E-state index in [4.69, 9.17) is 13.9 Å². The predicted octanol–water partition coefficient (Wildman–Crippen LogP) is 4.52. The van der Waals surface area contributed by atoms with Gasteiger partial charge < -0.3 is 13.9 Å². The fourth-order valence-electron chi connectivity index (χ4n) is 3.06. The van der Waals surface area contributed by atoms with Gasteiger partial charge in [0.25, 0.3) is 0 Å². The first-order valence-electron chi connectivity index (χ1n) is 9.13. The first kappa shape index (κ1) is 19.7. The van der Waals surface area contributed by atoms with Crippen LogP contribution in [0, 0.1) is 0 Å². The number of rotatable bonds is 5. The van der Waals surface area contributed by atoms with Gasteiger partial charge in [-0.15, -0.1) is 0 Å². The summed E-state index contributed by atoms with van der Waals surface area (Å²) in [6, 6.07) is 22.0. The molecule has 1 aromatic heterocycles. The Morgan fingerprint density at radius 3 is 2.23 bits per heavy atom. The molecule has 30 heavy (non-hydrogen) atoms. The number of hydrogen-bond acceptors (Lipinski definition) is 6. The van der Waals surface area contributed by atoms with Gasteiger partial charge in [-0.2, -0.15) is 0 Å². The summed E-state index contributed by atoms with van der Waals surface area (Å²) >= 11 is 0. The maximum atomic E-state index is 13.3. The molecule has 0 atom stereocenters. The van der Waals surface area contributed by atoms with Crippen LogP contribution in [0.2, 0.25) is 0 Å². The first-order chi connectivity index (χ1) is 14.5. The largest absolute Gasteiger partial charge is 0.493 e. The number of para-hydroxylation sites is 1. The summed E-state index contributed by atoms with van der Waals surface area (Å²) in [7, 11) is -0.792. The summed E-state index contributed by atoms with van der Waals surface area (Å²) in [5.41, 5.74) is 0.990. The summed E-state index contributed by atoms with van der Waals surface area (Å²) in [4.78, 5) is 4.64. The molecular weight excluding hydrogens is 402 g/mol. The summed E-state index contributed by atoms with van der Waals surface area (Å²) in [5, 5.41) is 0.665. The van der Waals surface area contributed by atoms with E-state index in [1.807, 2.05) is 12.1 Å². The van der Waals surface area contributed by atoms with Crippen LogP contribution in [0.3, 0.4) is 0 Å². The van der Waals surface area contributed by atoms with E-state index in [2.05, 4.69) is 4.99 Å². The van der Waals surface area contributed by atoms with Crippen LogP contribution in [0.5, 0.6) is 11.5 Å². The molecule has 3 aromatic carbocycles. The van der Waals surface area contributed by atoms with Crippen LogP contribution in [0.1, 0.15) is 0 Å². The third-order valence-electron chi connectivity index (χ3n) is 4.56. The quantitative estimate of drug-likeness (QED) is 0.474. The molecule has 0 saturated carbocycles. The minimum atomic E-state index is -3.85. The lowest BCUT2D eigenvalue weighted by Gasteiger charge is -2.08. The van der Waals surface area contributed by atoms with E-state index in [1.54, 1.807) is 66.7 Å². The lowest BCUT2D eigenvalue weighted by molar-refractivity contribution is 0.355. The topological polar surface area (TPSA) is 78.1 Å². The van der Waals surface area contributed by atoms with Gasteiger partial charge in [0.2, 0.25) is 15.4 Å². The number of fused-ring (bicyclic) bond motifs is 1. The molecule has 1 heterocycles. The maximum absolute atomic E-state index is 13.3.